The van der Waals surface area contributed by atoms with Crippen LogP contribution >= 0.6 is 0 Å². The Morgan fingerprint density at radius 1 is 1.07 bits per heavy atom. The lowest BCUT2D eigenvalue weighted by atomic mass is 9.99. The van der Waals surface area contributed by atoms with E-state index >= 15 is 0 Å². The monoisotopic (exact) mass is 398 g/mol. The van der Waals surface area contributed by atoms with E-state index in [0.29, 0.717) is 30.7 Å². The second kappa shape index (κ2) is 9.67. The number of nitrogens with one attached hydrogen (secondary N) is 1. The van der Waals surface area contributed by atoms with Crippen LogP contribution in [0.25, 0.3) is 0 Å². The van der Waals surface area contributed by atoms with E-state index in [1.807, 2.05) is 0 Å². The molecule has 3 rings (SSSR count). The number of ketones is 1. The summed E-state index contributed by atoms with van der Waals surface area (Å²) < 4.78 is 0. The Balaban J connectivity index is 1.67. The molecule has 7 nitrogen and oxygen atoms in total. The van der Waals surface area contributed by atoms with E-state index in [9.17, 15) is 19.2 Å². The molecule has 1 radical (unpaired) electrons. The molecule has 1 unspecified atom stereocenters. The standard InChI is InChI=1S/C22H28N3O4/c23-21(28)19-20(27)17(24-18(26)13-12-15-7-4-5-8-15)11-6-14-25(19)22(29)16-9-2-1-3-10-16/h1-3,9-10,13,15,17,19H,4-8,11-12,14H2,(H2,23,28)(H,24,26)/t17-,19?/m0/s1. The lowest BCUT2D eigenvalue weighted by Gasteiger charge is -2.27. The van der Waals surface area contributed by atoms with Crippen LogP contribution in [0.2, 0.25) is 0 Å². The van der Waals surface area contributed by atoms with Crippen molar-refractivity contribution in [2.45, 2.75) is 57.0 Å². The first kappa shape index (κ1) is 21.0. The zero-order valence-electron chi connectivity index (χ0n) is 16.5. The van der Waals surface area contributed by atoms with Gasteiger partial charge in [0, 0.05) is 18.5 Å². The van der Waals surface area contributed by atoms with Crippen molar-refractivity contribution in [2.75, 3.05) is 6.54 Å². The van der Waals surface area contributed by atoms with Gasteiger partial charge in [-0.1, -0.05) is 43.9 Å². The third-order valence-corrected chi connectivity index (χ3v) is 5.80. The topological polar surface area (TPSA) is 110 Å². The molecule has 0 bridgehead atoms. The maximum absolute atomic E-state index is 13.0. The number of hydrogen-bond acceptors (Lipinski definition) is 4. The van der Waals surface area contributed by atoms with Crippen molar-refractivity contribution < 1.29 is 19.2 Å². The molecule has 155 valence electrons. The summed E-state index contributed by atoms with van der Waals surface area (Å²) in [6.45, 7) is 0.227. The van der Waals surface area contributed by atoms with E-state index in [0.717, 1.165) is 12.8 Å². The minimum atomic E-state index is -1.38. The van der Waals surface area contributed by atoms with Gasteiger partial charge in [0.25, 0.3) is 5.91 Å². The summed E-state index contributed by atoms with van der Waals surface area (Å²) in [6, 6.07) is 6.27. The van der Waals surface area contributed by atoms with Crippen LogP contribution in [0.4, 0.5) is 0 Å². The molecular formula is C22H28N3O4. The Labute approximate surface area is 171 Å². The molecule has 0 spiro atoms. The summed E-state index contributed by atoms with van der Waals surface area (Å²) in [5, 5.41) is 2.73. The number of nitrogens with two attached hydrogens (primary N) is 1. The van der Waals surface area contributed by atoms with Gasteiger partial charge in [0.2, 0.25) is 11.8 Å². The predicted molar refractivity (Wildman–Crippen MR) is 108 cm³/mol. The highest BCUT2D eigenvalue weighted by Gasteiger charge is 2.41. The molecule has 29 heavy (non-hydrogen) atoms. The van der Waals surface area contributed by atoms with Crippen LogP contribution in [-0.4, -0.2) is 47.0 Å². The van der Waals surface area contributed by atoms with E-state index in [-0.39, 0.29) is 12.5 Å². The molecule has 7 heteroatoms. The van der Waals surface area contributed by atoms with E-state index < -0.39 is 29.7 Å². The van der Waals surface area contributed by atoms with Crippen LogP contribution in [0.15, 0.2) is 30.3 Å². The van der Waals surface area contributed by atoms with Crippen molar-refractivity contribution in [3.8, 4) is 0 Å². The lowest BCUT2D eigenvalue weighted by Crippen LogP contribution is -2.56. The molecule has 1 saturated heterocycles. The molecule has 3 amide bonds. The van der Waals surface area contributed by atoms with Crippen LogP contribution in [-0.2, 0) is 14.4 Å². The Bertz CT molecular complexity index is 759. The second-order valence-electron chi connectivity index (χ2n) is 7.87. The van der Waals surface area contributed by atoms with Gasteiger partial charge in [-0.2, -0.15) is 0 Å². The molecule has 1 aliphatic carbocycles. The average molecular weight is 398 g/mol. The van der Waals surface area contributed by atoms with Crippen LogP contribution in [0.5, 0.6) is 0 Å². The summed E-state index contributed by atoms with van der Waals surface area (Å²) in [7, 11) is 0. The number of primary amides is 1. The molecule has 2 aliphatic rings. The smallest absolute Gasteiger partial charge is 0.254 e. The Hall–Kier alpha value is -2.70. The maximum Gasteiger partial charge on any atom is 0.254 e. The van der Waals surface area contributed by atoms with Gasteiger partial charge in [0.1, 0.15) is 0 Å². The molecule has 2 atom stereocenters. The van der Waals surface area contributed by atoms with Crippen molar-refractivity contribution in [1.29, 1.82) is 0 Å². The van der Waals surface area contributed by atoms with Gasteiger partial charge in [0.05, 0.1) is 6.04 Å². The number of likely N-dealkylation sites (tertiary alicyclic amines) is 1. The van der Waals surface area contributed by atoms with Gasteiger partial charge in [-0.25, -0.2) is 0 Å². The molecule has 1 aromatic carbocycles. The highest BCUT2D eigenvalue weighted by atomic mass is 16.2. The molecule has 1 heterocycles. The molecule has 1 aliphatic heterocycles. The SMILES string of the molecule is NC(=O)C1C(=O)[C@@H](NC(=O)[CH]CC2CCCC2)CCCN1C(=O)c1ccccc1. The molecule has 1 aromatic rings. The number of hydrogen-bond donors (Lipinski definition) is 2. The Kier molecular flexibility index (Phi) is 7.01. The minimum Gasteiger partial charge on any atom is -0.367 e. The minimum absolute atomic E-state index is 0.227. The first-order chi connectivity index (χ1) is 14.0. The third-order valence-electron chi connectivity index (χ3n) is 5.80. The van der Waals surface area contributed by atoms with E-state index in [1.165, 1.54) is 17.7 Å². The summed E-state index contributed by atoms with van der Waals surface area (Å²) >= 11 is 0. The number of amides is 3. The molecule has 0 aromatic heterocycles. The van der Waals surface area contributed by atoms with Crippen molar-refractivity contribution in [3.63, 3.8) is 0 Å². The number of carbonyl (C=O) groups excluding carboxylic acids is 4. The van der Waals surface area contributed by atoms with Crippen LogP contribution in [0, 0.1) is 12.3 Å². The van der Waals surface area contributed by atoms with Crippen molar-refractivity contribution in [2.24, 2.45) is 11.7 Å². The lowest BCUT2D eigenvalue weighted by molar-refractivity contribution is -0.135. The highest BCUT2D eigenvalue weighted by Crippen LogP contribution is 2.28. The molecule has 3 N–H and O–H groups in total. The first-order valence-corrected chi connectivity index (χ1v) is 10.3. The largest absolute Gasteiger partial charge is 0.367 e. The number of nitrogens with zero attached hydrogens (tertiary/aromatic N) is 1. The van der Waals surface area contributed by atoms with Gasteiger partial charge in [-0.3, -0.25) is 19.2 Å². The van der Waals surface area contributed by atoms with E-state index in [4.69, 9.17) is 5.73 Å². The van der Waals surface area contributed by atoms with Gasteiger partial charge < -0.3 is 16.0 Å². The van der Waals surface area contributed by atoms with Crippen LogP contribution in [0.3, 0.4) is 0 Å². The van der Waals surface area contributed by atoms with Gasteiger partial charge >= 0.3 is 0 Å². The number of benzene rings is 1. The van der Waals surface area contributed by atoms with E-state index in [2.05, 4.69) is 5.32 Å². The van der Waals surface area contributed by atoms with Crippen LogP contribution in [0.1, 0.15) is 55.3 Å². The predicted octanol–water partition coefficient (Wildman–Crippen LogP) is 1.61. The number of carbonyl (C=O) groups is 4. The number of Topliss-reactive ketones (excluding diaryl/α,β-unsaturated/α-hetero) is 1. The van der Waals surface area contributed by atoms with Crippen molar-refractivity contribution >= 4 is 23.5 Å². The summed E-state index contributed by atoms with van der Waals surface area (Å²) in [5.41, 5.74) is 5.88. The quantitative estimate of drug-likeness (QED) is 0.710. The Morgan fingerprint density at radius 2 is 1.76 bits per heavy atom. The second-order valence-corrected chi connectivity index (χ2v) is 7.87. The summed E-state index contributed by atoms with van der Waals surface area (Å²) in [4.78, 5) is 51.5. The van der Waals surface area contributed by atoms with Crippen molar-refractivity contribution in [1.82, 2.24) is 10.2 Å². The zero-order valence-corrected chi connectivity index (χ0v) is 16.5. The van der Waals surface area contributed by atoms with Gasteiger partial charge in [0.15, 0.2) is 11.8 Å². The summed E-state index contributed by atoms with van der Waals surface area (Å²) in [5.74, 6) is -1.59. The normalized spacial score (nSPS) is 22.9. The Morgan fingerprint density at radius 3 is 2.41 bits per heavy atom. The van der Waals surface area contributed by atoms with Crippen LogP contribution < -0.4 is 11.1 Å². The molecule has 2 fully saturated rings. The summed E-state index contributed by atoms with van der Waals surface area (Å²) in [6.07, 6.45) is 7.81. The van der Waals surface area contributed by atoms with Crippen molar-refractivity contribution in [3.05, 3.63) is 42.3 Å². The van der Waals surface area contributed by atoms with E-state index in [1.54, 1.807) is 36.8 Å². The average Bonchev–Trinajstić information content (AvgIpc) is 3.18. The maximum atomic E-state index is 13.0. The fourth-order valence-electron chi connectivity index (χ4n) is 4.23. The molecule has 1 saturated carbocycles. The third kappa shape index (κ3) is 5.22. The highest BCUT2D eigenvalue weighted by molar-refractivity contribution is 6.12. The van der Waals surface area contributed by atoms with Gasteiger partial charge in [-0.05, 0) is 37.3 Å². The number of rotatable bonds is 6. The fraction of sp³-hybridized carbons (Fsp3) is 0.500. The molecular weight excluding hydrogens is 370 g/mol. The fourth-order valence-corrected chi connectivity index (χ4v) is 4.23. The first-order valence-electron chi connectivity index (χ1n) is 10.3. The van der Waals surface area contributed by atoms with Gasteiger partial charge in [-0.15, -0.1) is 0 Å². The zero-order chi connectivity index (χ0) is 20.8.